The van der Waals surface area contributed by atoms with Gasteiger partial charge in [-0.05, 0) is 78.9 Å². The van der Waals surface area contributed by atoms with Crippen molar-refractivity contribution in [3.63, 3.8) is 0 Å². The van der Waals surface area contributed by atoms with Crippen LogP contribution >= 0.6 is 0 Å². The van der Waals surface area contributed by atoms with E-state index in [1.165, 1.54) is 0 Å². The molecule has 0 N–H and O–H groups in total. The SMILES string of the molecule is COc1ccc(N(c2ccc(OC)cc2)c2cccc(-n3c(-c4ccccc4)nc4ccccc43)c2)cc1. The Bertz CT molecular complexity index is 1630. The van der Waals surface area contributed by atoms with E-state index in [4.69, 9.17) is 14.5 Å². The molecule has 0 saturated heterocycles. The van der Waals surface area contributed by atoms with E-state index in [2.05, 4.69) is 88.3 Å². The van der Waals surface area contributed by atoms with Crippen LogP contribution in [0.25, 0.3) is 28.1 Å². The summed E-state index contributed by atoms with van der Waals surface area (Å²) in [6.45, 7) is 0. The summed E-state index contributed by atoms with van der Waals surface area (Å²) in [6, 6.07) is 43.3. The monoisotopic (exact) mass is 497 g/mol. The topological polar surface area (TPSA) is 39.5 Å². The normalized spacial score (nSPS) is 10.9. The highest BCUT2D eigenvalue weighted by Gasteiger charge is 2.17. The number of hydrogen-bond acceptors (Lipinski definition) is 4. The van der Waals surface area contributed by atoms with Crippen molar-refractivity contribution in [2.24, 2.45) is 0 Å². The zero-order valence-electron chi connectivity index (χ0n) is 21.3. The van der Waals surface area contributed by atoms with Gasteiger partial charge >= 0.3 is 0 Å². The molecule has 0 spiro atoms. The second kappa shape index (κ2) is 10.1. The highest BCUT2D eigenvalue weighted by molar-refractivity contribution is 5.84. The van der Waals surface area contributed by atoms with Gasteiger partial charge in [-0.2, -0.15) is 0 Å². The number of ether oxygens (including phenoxy) is 2. The molecule has 0 saturated carbocycles. The van der Waals surface area contributed by atoms with E-state index >= 15 is 0 Å². The maximum atomic E-state index is 5.41. The summed E-state index contributed by atoms with van der Waals surface area (Å²) >= 11 is 0. The first-order valence-corrected chi connectivity index (χ1v) is 12.5. The van der Waals surface area contributed by atoms with Crippen molar-refractivity contribution < 1.29 is 9.47 Å². The highest BCUT2D eigenvalue weighted by Crippen LogP contribution is 2.38. The molecular formula is C33H27N3O2. The van der Waals surface area contributed by atoms with Crippen LogP contribution in [0.5, 0.6) is 11.5 Å². The molecule has 0 unspecified atom stereocenters. The van der Waals surface area contributed by atoms with Gasteiger partial charge in [-0.3, -0.25) is 4.57 Å². The predicted molar refractivity (Wildman–Crippen MR) is 154 cm³/mol. The minimum Gasteiger partial charge on any atom is -0.497 e. The Balaban J connectivity index is 1.53. The van der Waals surface area contributed by atoms with E-state index in [1.54, 1.807) is 14.2 Å². The Morgan fingerprint density at radius 1 is 0.579 bits per heavy atom. The van der Waals surface area contributed by atoms with Gasteiger partial charge in [-0.25, -0.2) is 4.98 Å². The minimum atomic E-state index is 0.814. The fourth-order valence-electron chi connectivity index (χ4n) is 4.75. The predicted octanol–water partition coefficient (Wildman–Crippen LogP) is 8.18. The average molecular weight is 498 g/mol. The van der Waals surface area contributed by atoms with Crippen LogP contribution in [0.1, 0.15) is 0 Å². The van der Waals surface area contributed by atoms with Crippen LogP contribution in [0, 0.1) is 0 Å². The Kier molecular flexibility index (Phi) is 6.24. The van der Waals surface area contributed by atoms with Crippen molar-refractivity contribution in [3.8, 4) is 28.6 Å². The number of hydrogen-bond donors (Lipinski definition) is 0. The molecule has 0 aliphatic rings. The van der Waals surface area contributed by atoms with Crippen LogP contribution in [-0.4, -0.2) is 23.8 Å². The lowest BCUT2D eigenvalue weighted by Crippen LogP contribution is -2.10. The summed E-state index contributed by atoms with van der Waals surface area (Å²) in [7, 11) is 3.36. The third-order valence-corrected chi connectivity index (χ3v) is 6.60. The van der Waals surface area contributed by atoms with Crippen molar-refractivity contribution in [2.75, 3.05) is 19.1 Å². The highest BCUT2D eigenvalue weighted by atomic mass is 16.5. The molecule has 38 heavy (non-hydrogen) atoms. The molecule has 5 aromatic carbocycles. The van der Waals surface area contributed by atoms with Crippen LogP contribution in [0.3, 0.4) is 0 Å². The molecule has 0 amide bonds. The van der Waals surface area contributed by atoms with Gasteiger partial charge < -0.3 is 14.4 Å². The molecule has 0 aliphatic carbocycles. The van der Waals surface area contributed by atoms with E-state index in [1.807, 2.05) is 48.5 Å². The molecule has 0 atom stereocenters. The van der Waals surface area contributed by atoms with E-state index in [0.29, 0.717) is 0 Å². The van der Waals surface area contributed by atoms with Gasteiger partial charge in [-0.15, -0.1) is 0 Å². The van der Waals surface area contributed by atoms with E-state index in [9.17, 15) is 0 Å². The number of para-hydroxylation sites is 2. The second-order valence-electron chi connectivity index (χ2n) is 8.88. The second-order valence-corrected chi connectivity index (χ2v) is 8.88. The molecule has 0 fully saturated rings. The maximum absolute atomic E-state index is 5.41. The molecule has 5 nitrogen and oxygen atoms in total. The quantitative estimate of drug-likeness (QED) is 0.223. The number of fused-ring (bicyclic) bond motifs is 1. The van der Waals surface area contributed by atoms with Crippen LogP contribution in [0.15, 0.2) is 127 Å². The third kappa shape index (κ3) is 4.35. The number of aromatic nitrogens is 2. The number of benzene rings is 5. The van der Waals surface area contributed by atoms with Crippen molar-refractivity contribution in [3.05, 3.63) is 127 Å². The smallest absolute Gasteiger partial charge is 0.145 e. The number of methoxy groups -OCH3 is 2. The van der Waals surface area contributed by atoms with Gasteiger partial charge in [0.2, 0.25) is 0 Å². The number of anilines is 3. The fourth-order valence-corrected chi connectivity index (χ4v) is 4.75. The largest absolute Gasteiger partial charge is 0.497 e. The van der Waals surface area contributed by atoms with E-state index in [-0.39, 0.29) is 0 Å². The van der Waals surface area contributed by atoms with Crippen LogP contribution in [-0.2, 0) is 0 Å². The Morgan fingerprint density at radius 2 is 1.18 bits per heavy atom. The number of rotatable bonds is 7. The number of imidazole rings is 1. The Hall–Kier alpha value is -5.03. The fraction of sp³-hybridized carbons (Fsp3) is 0.0606. The lowest BCUT2D eigenvalue weighted by molar-refractivity contribution is 0.415. The molecular weight excluding hydrogens is 470 g/mol. The van der Waals surface area contributed by atoms with Crippen molar-refractivity contribution >= 4 is 28.1 Å². The average Bonchev–Trinajstić information content (AvgIpc) is 3.38. The summed E-state index contributed by atoms with van der Waals surface area (Å²) in [4.78, 5) is 7.24. The summed E-state index contributed by atoms with van der Waals surface area (Å²) in [6.07, 6.45) is 0. The van der Waals surface area contributed by atoms with Gasteiger partial charge in [0, 0.05) is 28.3 Å². The van der Waals surface area contributed by atoms with E-state index < -0.39 is 0 Å². The standard InChI is InChI=1S/C33H27N3O2/c1-37-29-19-15-25(16-20-29)35(26-17-21-30(38-2)22-18-26)27-11-8-12-28(23-27)36-32-14-7-6-13-31(32)34-33(36)24-9-4-3-5-10-24/h3-23H,1-2H3. The molecule has 0 radical (unpaired) electrons. The molecule has 1 aromatic heterocycles. The molecule has 6 aromatic rings. The Labute approximate surface area is 222 Å². The zero-order valence-corrected chi connectivity index (χ0v) is 21.3. The molecule has 0 aliphatic heterocycles. The molecule has 5 heteroatoms. The summed E-state index contributed by atoms with van der Waals surface area (Å²) in [5, 5.41) is 0. The summed E-state index contributed by atoms with van der Waals surface area (Å²) in [5.41, 5.74) is 7.18. The zero-order chi connectivity index (χ0) is 25.9. The Morgan fingerprint density at radius 3 is 1.82 bits per heavy atom. The first-order valence-electron chi connectivity index (χ1n) is 12.5. The summed E-state index contributed by atoms with van der Waals surface area (Å²) in [5.74, 6) is 2.54. The van der Waals surface area contributed by atoms with Crippen LogP contribution in [0.4, 0.5) is 17.1 Å². The van der Waals surface area contributed by atoms with Crippen molar-refractivity contribution in [1.82, 2.24) is 9.55 Å². The molecule has 6 rings (SSSR count). The third-order valence-electron chi connectivity index (χ3n) is 6.60. The van der Waals surface area contributed by atoms with Crippen LogP contribution < -0.4 is 14.4 Å². The maximum Gasteiger partial charge on any atom is 0.145 e. The van der Waals surface area contributed by atoms with Crippen LogP contribution in [0.2, 0.25) is 0 Å². The first-order chi connectivity index (χ1) is 18.7. The van der Waals surface area contributed by atoms with Gasteiger partial charge in [0.25, 0.3) is 0 Å². The van der Waals surface area contributed by atoms with Gasteiger partial charge in [0.05, 0.1) is 25.3 Å². The van der Waals surface area contributed by atoms with Gasteiger partial charge in [0.15, 0.2) is 0 Å². The molecule has 186 valence electrons. The lowest BCUT2D eigenvalue weighted by atomic mass is 10.1. The lowest BCUT2D eigenvalue weighted by Gasteiger charge is -2.26. The number of nitrogens with zero attached hydrogens (tertiary/aromatic N) is 3. The molecule has 0 bridgehead atoms. The molecule has 1 heterocycles. The van der Waals surface area contributed by atoms with Crippen molar-refractivity contribution in [2.45, 2.75) is 0 Å². The van der Waals surface area contributed by atoms with Crippen molar-refractivity contribution in [1.29, 1.82) is 0 Å². The summed E-state index contributed by atoms with van der Waals surface area (Å²) < 4.78 is 13.0. The van der Waals surface area contributed by atoms with E-state index in [0.717, 1.165) is 56.7 Å². The van der Waals surface area contributed by atoms with Gasteiger partial charge in [-0.1, -0.05) is 48.5 Å². The minimum absolute atomic E-state index is 0.814. The first kappa shape index (κ1) is 23.4. The van der Waals surface area contributed by atoms with Gasteiger partial charge in [0.1, 0.15) is 17.3 Å².